The van der Waals surface area contributed by atoms with Gasteiger partial charge >= 0.3 is 5.97 Å². The molecule has 19 heavy (non-hydrogen) atoms. The molecule has 3 nitrogen and oxygen atoms in total. The highest BCUT2D eigenvalue weighted by molar-refractivity contribution is 9.10. The lowest BCUT2D eigenvalue weighted by Gasteiger charge is -2.09. The molecule has 0 bridgehead atoms. The maximum absolute atomic E-state index is 11.0. The lowest BCUT2D eigenvalue weighted by Crippen LogP contribution is -2.04. The van der Waals surface area contributed by atoms with Crippen LogP contribution in [0, 0.1) is 0 Å². The van der Waals surface area contributed by atoms with E-state index in [2.05, 4.69) is 15.9 Å². The smallest absolute Gasteiger partial charge is 0.336 e. The zero-order chi connectivity index (χ0) is 13.7. The zero-order valence-corrected chi connectivity index (χ0v) is 13.0. The minimum atomic E-state index is -0.895. The summed E-state index contributed by atoms with van der Waals surface area (Å²) in [7, 11) is 0. The van der Waals surface area contributed by atoms with Crippen LogP contribution in [-0.4, -0.2) is 29.5 Å². The summed E-state index contributed by atoms with van der Waals surface area (Å²) in [6.07, 6.45) is 5.03. The van der Waals surface area contributed by atoms with Crippen LogP contribution < -0.4 is 0 Å². The van der Waals surface area contributed by atoms with Crippen LogP contribution in [-0.2, 0) is 4.74 Å². The molecule has 5 heteroatoms. The van der Waals surface area contributed by atoms with Crippen LogP contribution in [0.25, 0.3) is 0 Å². The van der Waals surface area contributed by atoms with Gasteiger partial charge in [-0.2, -0.15) is 0 Å². The van der Waals surface area contributed by atoms with Gasteiger partial charge in [-0.25, -0.2) is 4.79 Å². The zero-order valence-electron chi connectivity index (χ0n) is 10.6. The molecule has 1 aromatic carbocycles. The summed E-state index contributed by atoms with van der Waals surface area (Å²) in [5.74, 6) is 0.106. The second-order valence-corrected chi connectivity index (χ2v) is 6.60. The largest absolute Gasteiger partial charge is 0.478 e. The number of carboxylic acid groups (broad SMARTS) is 1. The topological polar surface area (TPSA) is 46.5 Å². The second-order valence-electron chi connectivity index (χ2n) is 4.57. The maximum Gasteiger partial charge on any atom is 0.336 e. The third-order valence-electron chi connectivity index (χ3n) is 3.13. The molecule has 1 aromatic rings. The van der Waals surface area contributed by atoms with Gasteiger partial charge in [0, 0.05) is 16.0 Å². The van der Waals surface area contributed by atoms with Crippen LogP contribution in [0.4, 0.5) is 0 Å². The molecule has 0 aromatic heterocycles. The Bertz CT molecular complexity index is 444. The average Bonchev–Trinajstić information content (AvgIpc) is 2.89. The number of hydrogen-bond donors (Lipinski definition) is 1. The lowest BCUT2D eigenvalue weighted by molar-refractivity contribution is 0.0695. The summed E-state index contributed by atoms with van der Waals surface area (Å²) in [6, 6.07) is 5.47. The Labute approximate surface area is 125 Å². The molecule has 1 atom stereocenters. The van der Waals surface area contributed by atoms with Gasteiger partial charge < -0.3 is 9.84 Å². The van der Waals surface area contributed by atoms with E-state index in [1.54, 1.807) is 23.9 Å². The Kier molecular flexibility index (Phi) is 5.73. The fourth-order valence-corrected chi connectivity index (χ4v) is 3.46. The number of carbonyl (C=O) groups is 1. The summed E-state index contributed by atoms with van der Waals surface area (Å²) in [6.45, 7) is 0.909. The van der Waals surface area contributed by atoms with E-state index in [0.717, 1.165) is 30.1 Å². The number of ether oxygens (including phenoxy) is 1. The molecule has 1 heterocycles. The van der Waals surface area contributed by atoms with E-state index < -0.39 is 5.97 Å². The van der Waals surface area contributed by atoms with E-state index in [-0.39, 0.29) is 0 Å². The lowest BCUT2D eigenvalue weighted by atomic mass is 10.1. The first kappa shape index (κ1) is 14.9. The Morgan fingerprint density at radius 3 is 3.05 bits per heavy atom. The highest BCUT2D eigenvalue weighted by atomic mass is 79.9. The van der Waals surface area contributed by atoms with E-state index in [0.29, 0.717) is 16.1 Å². The van der Waals surface area contributed by atoms with Gasteiger partial charge in [-0.3, -0.25) is 0 Å². The number of aromatic carboxylic acids is 1. The van der Waals surface area contributed by atoms with Gasteiger partial charge in [-0.1, -0.05) is 0 Å². The molecule has 2 rings (SSSR count). The molecule has 0 amide bonds. The van der Waals surface area contributed by atoms with Gasteiger partial charge in [0.25, 0.3) is 0 Å². The van der Waals surface area contributed by atoms with Crippen LogP contribution in [0.5, 0.6) is 0 Å². The molecule has 0 aliphatic carbocycles. The first-order valence-electron chi connectivity index (χ1n) is 6.44. The van der Waals surface area contributed by atoms with Crippen molar-refractivity contribution >= 4 is 33.7 Å². The van der Waals surface area contributed by atoms with Crippen molar-refractivity contribution in [1.29, 1.82) is 0 Å². The number of rotatable bonds is 6. The van der Waals surface area contributed by atoms with Crippen molar-refractivity contribution in [3.05, 3.63) is 28.2 Å². The highest BCUT2D eigenvalue weighted by Gasteiger charge is 2.14. The normalized spacial score (nSPS) is 18.7. The van der Waals surface area contributed by atoms with Gasteiger partial charge in [0.1, 0.15) is 0 Å². The molecule has 0 spiro atoms. The fourth-order valence-electron chi connectivity index (χ4n) is 2.13. The Hall–Kier alpha value is -0.520. The predicted octanol–water partition coefficient (Wildman–Crippen LogP) is 4.20. The van der Waals surface area contributed by atoms with Crippen LogP contribution in [0.15, 0.2) is 27.6 Å². The van der Waals surface area contributed by atoms with Gasteiger partial charge in [0.15, 0.2) is 0 Å². The fraction of sp³-hybridized carbons (Fsp3) is 0.500. The van der Waals surface area contributed by atoms with Crippen molar-refractivity contribution in [2.24, 2.45) is 0 Å². The van der Waals surface area contributed by atoms with Gasteiger partial charge in [0.05, 0.1) is 11.7 Å². The quantitative estimate of drug-likeness (QED) is 0.620. The van der Waals surface area contributed by atoms with E-state index in [4.69, 9.17) is 9.84 Å². The van der Waals surface area contributed by atoms with Crippen molar-refractivity contribution in [3.8, 4) is 0 Å². The molecule has 0 radical (unpaired) electrons. The molecule has 1 aliphatic rings. The van der Waals surface area contributed by atoms with Crippen LogP contribution in [0.1, 0.15) is 36.0 Å². The standard InChI is InChI=1S/C14H17BrO3S/c15-13-6-5-11(9-12(13)14(16)17)19-8-2-4-10-3-1-7-18-10/h5-6,9-10H,1-4,7-8H2,(H,16,17). The van der Waals surface area contributed by atoms with E-state index >= 15 is 0 Å². The first-order valence-corrected chi connectivity index (χ1v) is 8.22. The van der Waals surface area contributed by atoms with Gasteiger partial charge in [-0.05, 0) is 65.6 Å². The maximum atomic E-state index is 11.0. The van der Waals surface area contributed by atoms with Crippen LogP contribution >= 0.6 is 27.7 Å². The second kappa shape index (κ2) is 7.31. The summed E-state index contributed by atoms with van der Waals surface area (Å²) in [5.41, 5.74) is 0.323. The minimum absolute atomic E-state index is 0.323. The predicted molar refractivity (Wildman–Crippen MR) is 80.0 cm³/mol. The van der Waals surface area contributed by atoms with Crippen LogP contribution in [0.3, 0.4) is 0 Å². The van der Waals surface area contributed by atoms with Crippen molar-refractivity contribution < 1.29 is 14.6 Å². The molecule has 1 unspecified atom stereocenters. The van der Waals surface area contributed by atoms with Crippen molar-refractivity contribution in [1.82, 2.24) is 0 Å². The van der Waals surface area contributed by atoms with Crippen molar-refractivity contribution in [2.45, 2.75) is 36.7 Å². The van der Waals surface area contributed by atoms with Crippen molar-refractivity contribution in [3.63, 3.8) is 0 Å². The molecule has 104 valence electrons. The molecular formula is C14H17BrO3S. The van der Waals surface area contributed by atoms with E-state index in [1.807, 2.05) is 6.07 Å². The highest BCUT2D eigenvalue weighted by Crippen LogP contribution is 2.26. The summed E-state index contributed by atoms with van der Waals surface area (Å²) < 4.78 is 6.21. The van der Waals surface area contributed by atoms with Crippen LogP contribution in [0.2, 0.25) is 0 Å². The Morgan fingerprint density at radius 2 is 2.37 bits per heavy atom. The minimum Gasteiger partial charge on any atom is -0.478 e. The molecule has 1 saturated heterocycles. The summed E-state index contributed by atoms with van der Waals surface area (Å²) in [5, 5.41) is 9.05. The summed E-state index contributed by atoms with van der Waals surface area (Å²) >= 11 is 4.96. The SMILES string of the molecule is O=C(O)c1cc(SCCCC2CCCO2)ccc1Br. The number of thioether (sulfide) groups is 1. The average molecular weight is 345 g/mol. The molecule has 0 saturated carbocycles. The molecule has 1 aliphatic heterocycles. The van der Waals surface area contributed by atoms with E-state index in [1.165, 1.54) is 12.8 Å². The third-order valence-corrected chi connectivity index (χ3v) is 4.90. The van der Waals surface area contributed by atoms with Gasteiger partial charge in [0.2, 0.25) is 0 Å². The van der Waals surface area contributed by atoms with Gasteiger partial charge in [-0.15, -0.1) is 11.8 Å². The summed E-state index contributed by atoms with van der Waals surface area (Å²) in [4.78, 5) is 12.0. The first-order chi connectivity index (χ1) is 9.16. The number of hydrogen-bond acceptors (Lipinski definition) is 3. The Morgan fingerprint density at radius 1 is 1.53 bits per heavy atom. The molecular weight excluding hydrogens is 328 g/mol. The Balaban J connectivity index is 1.79. The molecule has 1 N–H and O–H groups in total. The van der Waals surface area contributed by atoms with Crippen molar-refractivity contribution in [2.75, 3.05) is 12.4 Å². The van der Waals surface area contributed by atoms with E-state index in [9.17, 15) is 4.79 Å². The number of benzene rings is 1. The third kappa shape index (κ3) is 4.51. The monoisotopic (exact) mass is 344 g/mol. The molecule has 1 fully saturated rings. The number of halogens is 1. The number of carboxylic acids is 1.